The summed E-state index contributed by atoms with van der Waals surface area (Å²) in [4.78, 5) is 20.7. The number of nitrogens with zero attached hydrogens (tertiary/aromatic N) is 4. The molecule has 0 bridgehead atoms. The van der Waals surface area contributed by atoms with E-state index in [-0.39, 0.29) is 17.1 Å². The van der Waals surface area contributed by atoms with Gasteiger partial charge in [0.25, 0.3) is 0 Å². The number of hydrogen-bond donors (Lipinski definition) is 1. The second kappa shape index (κ2) is 6.39. The molecule has 0 amide bonds. The molecule has 3 aromatic heterocycles. The van der Waals surface area contributed by atoms with Crippen molar-refractivity contribution >= 4 is 11.2 Å². The van der Waals surface area contributed by atoms with Crippen molar-refractivity contribution in [2.45, 2.75) is 19.8 Å². The summed E-state index contributed by atoms with van der Waals surface area (Å²) >= 11 is 0. The SMILES string of the molecule is CC(C)c1cc(=O)c(O)cn1-c1cccc(-c2cnc3c(c2)ncn3C)c1. The number of aryl methyl sites for hydroxylation is 1. The summed E-state index contributed by atoms with van der Waals surface area (Å²) in [5, 5.41) is 9.92. The minimum atomic E-state index is -0.365. The Hall–Kier alpha value is -3.41. The van der Waals surface area contributed by atoms with E-state index >= 15 is 0 Å². The van der Waals surface area contributed by atoms with Crippen molar-refractivity contribution in [1.29, 1.82) is 0 Å². The predicted octanol–water partition coefficient (Wildman–Crippen LogP) is 3.62. The molecular weight excluding hydrogens is 340 g/mol. The fourth-order valence-electron chi connectivity index (χ4n) is 3.22. The van der Waals surface area contributed by atoms with E-state index in [0.29, 0.717) is 0 Å². The van der Waals surface area contributed by atoms with E-state index in [0.717, 1.165) is 33.7 Å². The van der Waals surface area contributed by atoms with Crippen molar-refractivity contribution in [2.24, 2.45) is 7.05 Å². The molecule has 0 saturated heterocycles. The lowest BCUT2D eigenvalue weighted by molar-refractivity contribution is 0.463. The van der Waals surface area contributed by atoms with E-state index in [2.05, 4.69) is 9.97 Å². The van der Waals surface area contributed by atoms with Gasteiger partial charge >= 0.3 is 0 Å². The monoisotopic (exact) mass is 360 g/mol. The number of imidazole rings is 1. The first-order chi connectivity index (χ1) is 12.9. The normalized spacial score (nSPS) is 11.4. The zero-order valence-corrected chi connectivity index (χ0v) is 15.4. The van der Waals surface area contributed by atoms with E-state index in [9.17, 15) is 9.90 Å². The molecule has 0 atom stereocenters. The van der Waals surface area contributed by atoms with E-state index in [1.165, 1.54) is 12.3 Å². The van der Waals surface area contributed by atoms with Crippen LogP contribution in [0.1, 0.15) is 25.5 Å². The number of pyridine rings is 2. The summed E-state index contributed by atoms with van der Waals surface area (Å²) in [6.45, 7) is 4.04. The molecule has 6 nitrogen and oxygen atoms in total. The molecule has 1 aromatic carbocycles. The molecule has 4 rings (SSSR count). The van der Waals surface area contributed by atoms with Gasteiger partial charge in [-0.3, -0.25) is 4.79 Å². The fraction of sp³-hybridized carbons (Fsp3) is 0.190. The van der Waals surface area contributed by atoms with Gasteiger partial charge in [-0.15, -0.1) is 0 Å². The molecule has 4 aromatic rings. The molecule has 6 heteroatoms. The van der Waals surface area contributed by atoms with Crippen LogP contribution in [0.15, 0.2) is 59.9 Å². The standard InChI is InChI=1S/C21H20N4O2/c1-13(2)18-9-19(26)20(27)11-25(18)16-6-4-5-14(7-16)15-8-17-21(22-10-15)24(3)12-23-17/h4-13,27H,1-3H3. The third-order valence-electron chi connectivity index (χ3n) is 4.66. The summed E-state index contributed by atoms with van der Waals surface area (Å²) in [6, 6.07) is 11.4. The van der Waals surface area contributed by atoms with Crippen LogP contribution in [0.25, 0.3) is 28.0 Å². The zero-order chi connectivity index (χ0) is 19.1. The molecular formula is C21H20N4O2. The summed E-state index contributed by atoms with van der Waals surface area (Å²) in [5.74, 6) is -0.130. The Morgan fingerprint density at radius 1 is 1.07 bits per heavy atom. The van der Waals surface area contributed by atoms with Crippen LogP contribution in [0.2, 0.25) is 0 Å². The molecule has 1 N–H and O–H groups in total. The van der Waals surface area contributed by atoms with E-state index in [1.807, 2.05) is 66.6 Å². The number of fused-ring (bicyclic) bond motifs is 1. The minimum absolute atomic E-state index is 0.133. The maximum atomic E-state index is 11.9. The second-order valence-corrected chi connectivity index (χ2v) is 6.95. The molecule has 0 aliphatic carbocycles. The van der Waals surface area contributed by atoms with Gasteiger partial charge in [0.1, 0.15) is 5.52 Å². The first-order valence-corrected chi connectivity index (χ1v) is 8.77. The molecule has 0 unspecified atom stereocenters. The highest BCUT2D eigenvalue weighted by molar-refractivity contribution is 5.78. The minimum Gasteiger partial charge on any atom is -0.503 e. The van der Waals surface area contributed by atoms with Crippen molar-refractivity contribution in [3.8, 4) is 22.6 Å². The summed E-state index contributed by atoms with van der Waals surface area (Å²) in [7, 11) is 1.92. The van der Waals surface area contributed by atoms with Gasteiger partial charge < -0.3 is 14.2 Å². The first kappa shape index (κ1) is 17.0. The number of benzene rings is 1. The summed E-state index contributed by atoms with van der Waals surface area (Å²) in [5.41, 5.74) is 4.96. The average molecular weight is 360 g/mol. The van der Waals surface area contributed by atoms with Crippen LogP contribution >= 0.6 is 0 Å². The quantitative estimate of drug-likeness (QED) is 0.606. The van der Waals surface area contributed by atoms with E-state index in [1.54, 1.807) is 6.33 Å². The van der Waals surface area contributed by atoms with Gasteiger partial charge in [-0.25, -0.2) is 9.97 Å². The van der Waals surface area contributed by atoms with Crippen LogP contribution in [0, 0.1) is 0 Å². The highest BCUT2D eigenvalue weighted by Gasteiger charge is 2.12. The van der Waals surface area contributed by atoms with Gasteiger partial charge in [-0.05, 0) is 29.7 Å². The number of aromatic nitrogens is 4. The Bertz CT molecular complexity index is 1200. The van der Waals surface area contributed by atoms with Crippen molar-refractivity contribution < 1.29 is 5.11 Å². The van der Waals surface area contributed by atoms with Gasteiger partial charge in [0.15, 0.2) is 11.4 Å². The Labute approximate surface area is 156 Å². The molecule has 0 spiro atoms. The van der Waals surface area contributed by atoms with Gasteiger partial charge in [0.2, 0.25) is 5.43 Å². The summed E-state index contributed by atoms with van der Waals surface area (Å²) in [6.07, 6.45) is 5.06. The van der Waals surface area contributed by atoms with E-state index in [4.69, 9.17) is 0 Å². The fourth-order valence-corrected chi connectivity index (χ4v) is 3.22. The molecule has 0 saturated carbocycles. The van der Waals surface area contributed by atoms with Gasteiger partial charge in [0.05, 0.1) is 12.5 Å². The number of rotatable bonds is 3. The first-order valence-electron chi connectivity index (χ1n) is 8.77. The Morgan fingerprint density at radius 3 is 2.67 bits per heavy atom. The highest BCUT2D eigenvalue weighted by Crippen LogP contribution is 2.26. The second-order valence-electron chi connectivity index (χ2n) is 6.95. The third kappa shape index (κ3) is 2.99. The van der Waals surface area contributed by atoms with Crippen LogP contribution in [0.3, 0.4) is 0 Å². The van der Waals surface area contributed by atoms with Crippen molar-refractivity contribution in [3.05, 3.63) is 71.0 Å². The van der Waals surface area contributed by atoms with Crippen molar-refractivity contribution in [2.75, 3.05) is 0 Å². The van der Waals surface area contributed by atoms with Crippen molar-refractivity contribution in [3.63, 3.8) is 0 Å². The van der Waals surface area contributed by atoms with Crippen LogP contribution in [-0.4, -0.2) is 24.2 Å². The lowest BCUT2D eigenvalue weighted by Gasteiger charge is -2.17. The molecule has 3 heterocycles. The Morgan fingerprint density at radius 2 is 1.89 bits per heavy atom. The molecule has 0 radical (unpaired) electrons. The molecule has 0 aliphatic rings. The van der Waals surface area contributed by atoms with Gasteiger partial charge in [0, 0.05) is 36.3 Å². The topological polar surface area (TPSA) is 72.9 Å². The highest BCUT2D eigenvalue weighted by atomic mass is 16.3. The molecule has 0 aliphatic heterocycles. The summed E-state index contributed by atoms with van der Waals surface area (Å²) < 4.78 is 3.74. The van der Waals surface area contributed by atoms with Gasteiger partial charge in [-0.2, -0.15) is 0 Å². The average Bonchev–Trinajstić information content (AvgIpc) is 3.04. The van der Waals surface area contributed by atoms with Crippen LogP contribution < -0.4 is 5.43 Å². The van der Waals surface area contributed by atoms with E-state index < -0.39 is 0 Å². The van der Waals surface area contributed by atoms with Crippen LogP contribution in [0.5, 0.6) is 5.75 Å². The van der Waals surface area contributed by atoms with Crippen LogP contribution in [-0.2, 0) is 7.05 Å². The largest absolute Gasteiger partial charge is 0.503 e. The van der Waals surface area contributed by atoms with Crippen molar-refractivity contribution in [1.82, 2.24) is 19.1 Å². The number of hydrogen-bond acceptors (Lipinski definition) is 4. The smallest absolute Gasteiger partial charge is 0.223 e. The predicted molar refractivity (Wildman–Crippen MR) is 105 cm³/mol. The maximum Gasteiger partial charge on any atom is 0.223 e. The van der Waals surface area contributed by atoms with Crippen LogP contribution in [0.4, 0.5) is 0 Å². The number of aromatic hydroxyl groups is 1. The maximum absolute atomic E-state index is 11.9. The van der Waals surface area contributed by atoms with Gasteiger partial charge in [-0.1, -0.05) is 26.0 Å². The Balaban J connectivity index is 1.85. The Kier molecular flexibility index (Phi) is 4.03. The molecule has 27 heavy (non-hydrogen) atoms. The molecule has 0 fully saturated rings. The zero-order valence-electron chi connectivity index (χ0n) is 15.4. The lowest BCUT2D eigenvalue weighted by atomic mass is 10.1. The third-order valence-corrected chi connectivity index (χ3v) is 4.66. The lowest BCUT2D eigenvalue weighted by Crippen LogP contribution is -2.12. The molecule has 136 valence electrons.